The zero-order chi connectivity index (χ0) is 0. The van der Waals surface area contributed by atoms with Crippen LogP contribution < -0.4 is 0 Å². The van der Waals surface area contributed by atoms with E-state index in [9.17, 15) is 0 Å². The van der Waals surface area contributed by atoms with Gasteiger partial charge in [0.15, 0.2) is 0 Å². The molecule has 0 fully saturated rings. The van der Waals surface area contributed by atoms with Crippen LogP contribution in [0.2, 0.25) is 0 Å². The van der Waals surface area contributed by atoms with Gasteiger partial charge in [0.25, 0.3) is 0 Å². The van der Waals surface area contributed by atoms with E-state index in [0.29, 0.717) is 0 Å². The van der Waals surface area contributed by atoms with Gasteiger partial charge in [0, 0.05) is 18.6 Å². The Labute approximate surface area is 33.6 Å². The Morgan fingerprint density at radius 1 is 0.500 bits per heavy atom. The normalized spacial score (nSPS) is 0. The fraction of sp³-hybridized carbons (Fsp3) is 0. The Hall–Kier alpha value is 0.374. The van der Waals surface area contributed by atoms with E-state index in [-0.39, 0.29) is 32.7 Å². The van der Waals surface area contributed by atoms with Crippen molar-refractivity contribution in [1.29, 1.82) is 0 Å². The molecule has 0 unspecified atom stereocenters. The summed E-state index contributed by atoms with van der Waals surface area (Å²) in [4.78, 5) is 0. The van der Waals surface area contributed by atoms with Crippen molar-refractivity contribution in [3.8, 4) is 0 Å². The maximum atomic E-state index is 0. The average Bonchev–Trinajstić information content (AvgIpc) is 0. The topological polar surface area (TPSA) is 0 Å². The number of hydrogen-bond donors (Lipinski definition) is 0. The van der Waals surface area contributed by atoms with Gasteiger partial charge in [0.1, 0.15) is 0 Å². The Morgan fingerprint density at radius 3 is 0.500 bits per heavy atom. The van der Waals surface area contributed by atoms with Gasteiger partial charge in [-0.2, -0.15) is 0 Å². The van der Waals surface area contributed by atoms with E-state index in [4.69, 9.17) is 0 Å². The molecular weight excluding hydrogens is 108 g/mol. The van der Waals surface area contributed by atoms with Crippen molar-refractivity contribution in [2.24, 2.45) is 0 Å². The molecule has 0 bridgehead atoms. The fourth-order valence-corrected chi connectivity index (χ4v) is 0. The molecule has 0 spiro atoms. The van der Waals surface area contributed by atoms with E-state index in [2.05, 4.69) is 0 Å². The summed E-state index contributed by atoms with van der Waals surface area (Å²) in [6.45, 7) is 0. The predicted octanol–water partition coefficient (Wildman–Crippen LogP) is 0.455. The zero-order valence-electron chi connectivity index (χ0n) is 1.67. The van der Waals surface area contributed by atoms with Crippen LogP contribution in [0.25, 0.3) is 0 Å². The molecule has 0 nitrogen and oxygen atoms in total. The molecule has 0 aliphatic heterocycles. The van der Waals surface area contributed by atoms with Crippen molar-refractivity contribution in [3.63, 3.8) is 0 Å². The van der Waals surface area contributed by atoms with Crippen molar-refractivity contribution >= 4 is 0 Å². The SMILES string of the molecule is F.F.F.[V]. The first-order valence-electron chi connectivity index (χ1n) is 0. The molecule has 0 aliphatic carbocycles. The molecule has 0 heterocycles. The standard InChI is InChI=1S/3FH.V/h3*1H;. The molecule has 4 heavy (non-hydrogen) atoms. The van der Waals surface area contributed by atoms with Gasteiger partial charge in [-0.25, -0.2) is 0 Å². The van der Waals surface area contributed by atoms with Crippen LogP contribution in [0.4, 0.5) is 14.1 Å². The third kappa shape index (κ3) is 32.0. The molecule has 0 atom stereocenters. The van der Waals surface area contributed by atoms with Crippen LogP contribution in [-0.2, 0) is 18.6 Å². The second-order valence-corrected chi connectivity index (χ2v) is 0. The minimum atomic E-state index is 0. The summed E-state index contributed by atoms with van der Waals surface area (Å²) >= 11 is 0. The van der Waals surface area contributed by atoms with Crippen LogP contribution >= 0.6 is 0 Å². The maximum absolute atomic E-state index is 0. The molecule has 1 radical (unpaired) electrons. The van der Waals surface area contributed by atoms with Gasteiger partial charge in [-0.3, -0.25) is 14.1 Å². The Bertz CT molecular complexity index is 3.25. The Morgan fingerprint density at radius 2 is 0.500 bits per heavy atom. The molecule has 0 aromatic carbocycles. The van der Waals surface area contributed by atoms with Crippen LogP contribution in [0.1, 0.15) is 0 Å². The molecule has 0 aromatic heterocycles. The van der Waals surface area contributed by atoms with E-state index in [1.807, 2.05) is 0 Å². The van der Waals surface area contributed by atoms with Crippen molar-refractivity contribution in [1.82, 2.24) is 0 Å². The van der Waals surface area contributed by atoms with E-state index < -0.39 is 0 Å². The molecule has 0 aliphatic rings. The summed E-state index contributed by atoms with van der Waals surface area (Å²) in [6.07, 6.45) is 0. The molecule has 4 heteroatoms. The molecule has 0 saturated carbocycles. The second-order valence-electron chi connectivity index (χ2n) is 0. The second kappa shape index (κ2) is 136. The van der Waals surface area contributed by atoms with Crippen molar-refractivity contribution in [3.05, 3.63) is 0 Å². The third-order valence-corrected chi connectivity index (χ3v) is 0. The van der Waals surface area contributed by atoms with Gasteiger partial charge in [-0.15, -0.1) is 0 Å². The molecule has 0 N–H and O–H groups in total. The van der Waals surface area contributed by atoms with E-state index in [0.717, 1.165) is 0 Å². The van der Waals surface area contributed by atoms with Gasteiger partial charge >= 0.3 is 0 Å². The van der Waals surface area contributed by atoms with Crippen LogP contribution in [0.15, 0.2) is 0 Å². The van der Waals surface area contributed by atoms with Crippen LogP contribution in [-0.4, -0.2) is 0 Å². The maximum Gasteiger partial charge on any atom is 0 e. The van der Waals surface area contributed by atoms with Gasteiger partial charge in [0.05, 0.1) is 0 Å². The molecule has 0 amide bonds. The molecular formula is H3F3V. The summed E-state index contributed by atoms with van der Waals surface area (Å²) in [5, 5.41) is 0. The zero-order valence-corrected chi connectivity index (χ0v) is 3.07. The van der Waals surface area contributed by atoms with Gasteiger partial charge in [-0.1, -0.05) is 0 Å². The summed E-state index contributed by atoms with van der Waals surface area (Å²) < 4.78 is 0. The molecule has 0 saturated heterocycles. The molecule has 0 aromatic rings. The summed E-state index contributed by atoms with van der Waals surface area (Å²) in [6, 6.07) is 0. The monoisotopic (exact) mass is 111 g/mol. The number of rotatable bonds is 0. The molecule has 29 valence electrons. The quantitative estimate of drug-likeness (QED) is 0.425. The van der Waals surface area contributed by atoms with Crippen molar-refractivity contribution in [2.45, 2.75) is 0 Å². The van der Waals surface area contributed by atoms with Crippen molar-refractivity contribution in [2.75, 3.05) is 0 Å². The van der Waals surface area contributed by atoms with Crippen LogP contribution in [0, 0.1) is 0 Å². The van der Waals surface area contributed by atoms with Gasteiger partial charge in [0.2, 0.25) is 0 Å². The fourth-order valence-electron chi connectivity index (χ4n) is 0. The van der Waals surface area contributed by atoms with Gasteiger partial charge in [-0.05, 0) is 0 Å². The average molecular weight is 111 g/mol. The first-order chi connectivity index (χ1) is 0. The summed E-state index contributed by atoms with van der Waals surface area (Å²) in [5.74, 6) is 0. The number of halogens is 3. The van der Waals surface area contributed by atoms with Crippen molar-refractivity contribution < 1.29 is 32.7 Å². The minimum absolute atomic E-state index is 0. The van der Waals surface area contributed by atoms with Crippen LogP contribution in [0.5, 0.6) is 0 Å². The first kappa shape index (κ1) is 355. The Kier molecular flexibility index (Phi) is 12100. The Balaban J connectivity index is 0. The van der Waals surface area contributed by atoms with E-state index in [1.165, 1.54) is 0 Å². The third-order valence-electron chi connectivity index (χ3n) is 0. The first-order valence-corrected chi connectivity index (χ1v) is 0. The summed E-state index contributed by atoms with van der Waals surface area (Å²) in [5.41, 5.74) is 0. The summed E-state index contributed by atoms with van der Waals surface area (Å²) in [7, 11) is 0. The van der Waals surface area contributed by atoms with Gasteiger partial charge < -0.3 is 0 Å². The minimum Gasteiger partial charge on any atom is -0.269 e. The smallest absolute Gasteiger partial charge is 0 e. The van der Waals surface area contributed by atoms with Crippen LogP contribution in [0.3, 0.4) is 0 Å². The predicted molar refractivity (Wildman–Crippen MR) is 7.51 cm³/mol. The van der Waals surface area contributed by atoms with E-state index in [1.54, 1.807) is 0 Å². The van der Waals surface area contributed by atoms with E-state index >= 15 is 0 Å². The molecule has 0 rings (SSSR count). The number of hydrogen-bond acceptors (Lipinski definition) is 0. The largest absolute Gasteiger partial charge is 0.269 e.